The molecule has 130 valence electrons. The van der Waals surface area contributed by atoms with Crippen molar-refractivity contribution in [3.63, 3.8) is 0 Å². The summed E-state index contributed by atoms with van der Waals surface area (Å²) in [5, 5.41) is 12.1. The van der Waals surface area contributed by atoms with Crippen LogP contribution in [0.4, 0.5) is 0 Å². The Kier molecular flexibility index (Phi) is 5.14. The van der Waals surface area contributed by atoms with E-state index >= 15 is 0 Å². The summed E-state index contributed by atoms with van der Waals surface area (Å²) < 4.78 is 5.68. The molecule has 5 nitrogen and oxygen atoms in total. The summed E-state index contributed by atoms with van der Waals surface area (Å²) in [4.78, 5) is 24.1. The number of carboxylic acids is 1. The summed E-state index contributed by atoms with van der Waals surface area (Å²) in [6.07, 6.45) is -0.105. The summed E-state index contributed by atoms with van der Waals surface area (Å²) >= 11 is 0. The van der Waals surface area contributed by atoms with E-state index in [0.29, 0.717) is 6.61 Å². The maximum atomic E-state index is 12.8. The second kappa shape index (κ2) is 7.49. The van der Waals surface area contributed by atoms with Gasteiger partial charge in [-0.15, -0.1) is 0 Å². The minimum absolute atomic E-state index is 0.176. The van der Waals surface area contributed by atoms with Crippen LogP contribution in [0, 0.1) is 6.92 Å². The van der Waals surface area contributed by atoms with E-state index in [1.54, 1.807) is 0 Å². The second-order valence-corrected chi connectivity index (χ2v) is 6.22. The molecule has 3 rings (SSSR count). The largest absolute Gasteiger partial charge is 0.481 e. The Bertz CT molecular complexity index is 787. The Morgan fingerprint density at radius 2 is 1.92 bits per heavy atom. The summed E-state index contributed by atoms with van der Waals surface area (Å²) in [7, 11) is 0. The first-order valence-corrected chi connectivity index (χ1v) is 8.33. The SMILES string of the molecule is Cc1ccccc1[C@H](CC(=O)O)NC(=O)[C@H]1OCCc2ccccc21. The molecule has 1 amide bonds. The van der Waals surface area contributed by atoms with Crippen molar-refractivity contribution in [3.05, 3.63) is 70.8 Å². The third-order valence-corrected chi connectivity index (χ3v) is 4.49. The van der Waals surface area contributed by atoms with Gasteiger partial charge in [0, 0.05) is 0 Å². The van der Waals surface area contributed by atoms with E-state index in [4.69, 9.17) is 4.74 Å². The number of carboxylic acid groups (broad SMARTS) is 1. The van der Waals surface area contributed by atoms with Crippen LogP contribution in [0.5, 0.6) is 0 Å². The maximum absolute atomic E-state index is 12.8. The number of aliphatic carboxylic acids is 1. The summed E-state index contributed by atoms with van der Waals surface area (Å²) in [5.41, 5.74) is 3.70. The molecule has 0 unspecified atom stereocenters. The fourth-order valence-corrected chi connectivity index (χ4v) is 3.25. The van der Waals surface area contributed by atoms with Gasteiger partial charge in [0.15, 0.2) is 6.10 Å². The summed E-state index contributed by atoms with van der Waals surface area (Å²) in [6, 6.07) is 14.6. The van der Waals surface area contributed by atoms with Crippen molar-refractivity contribution in [3.8, 4) is 0 Å². The molecule has 0 saturated heterocycles. The number of amides is 1. The van der Waals surface area contributed by atoms with Gasteiger partial charge < -0.3 is 15.2 Å². The predicted octanol–water partition coefficient (Wildman–Crippen LogP) is 2.94. The third kappa shape index (κ3) is 3.88. The van der Waals surface area contributed by atoms with Crippen molar-refractivity contribution in [1.29, 1.82) is 0 Å². The molecule has 0 spiro atoms. The smallest absolute Gasteiger partial charge is 0.305 e. The van der Waals surface area contributed by atoms with Crippen LogP contribution in [0.1, 0.15) is 40.8 Å². The summed E-state index contributed by atoms with van der Waals surface area (Å²) in [6.45, 7) is 2.38. The predicted molar refractivity (Wildman–Crippen MR) is 93.2 cm³/mol. The lowest BCUT2D eigenvalue weighted by Crippen LogP contribution is -2.37. The zero-order valence-electron chi connectivity index (χ0n) is 14.1. The van der Waals surface area contributed by atoms with Crippen molar-refractivity contribution in [2.24, 2.45) is 0 Å². The monoisotopic (exact) mass is 339 g/mol. The number of ether oxygens (including phenoxy) is 1. The van der Waals surface area contributed by atoms with Crippen LogP contribution in [-0.2, 0) is 20.7 Å². The van der Waals surface area contributed by atoms with E-state index in [0.717, 1.165) is 28.7 Å². The van der Waals surface area contributed by atoms with Crippen LogP contribution < -0.4 is 5.32 Å². The number of carbonyl (C=O) groups excluding carboxylic acids is 1. The lowest BCUT2D eigenvalue weighted by Gasteiger charge is -2.27. The fourth-order valence-electron chi connectivity index (χ4n) is 3.25. The number of hydrogen-bond donors (Lipinski definition) is 2. The van der Waals surface area contributed by atoms with Crippen LogP contribution in [0.3, 0.4) is 0 Å². The van der Waals surface area contributed by atoms with Crippen molar-refractivity contribution in [2.45, 2.75) is 31.9 Å². The van der Waals surface area contributed by atoms with Crippen LogP contribution >= 0.6 is 0 Å². The molecule has 2 aromatic rings. The number of hydrogen-bond acceptors (Lipinski definition) is 3. The number of rotatable bonds is 5. The highest BCUT2D eigenvalue weighted by atomic mass is 16.5. The van der Waals surface area contributed by atoms with Crippen molar-refractivity contribution in [2.75, 3.05) is 6.61 Å². The minimum atomic E-state index is -0.960. The number of benzene rings is 2. The Morgan fingerprint density at radius 3 is 2.68 bits per heavy atom. The quantitative estimate of drug-likeness (QED) is 0.878. The number of aryl methyl sites for hydroxylation is 1. The van der Waals surface area contributed by atoms with E-state index < -0.39 is 18.1 Å². The molecule has 0 saturated carbocycles. The zero-order chi connectivity index (χ0) is 17.8. The van der Waals surface area contributed by atoms with Crippen LogP contribution in [0.15, 0.2) is 48.5 Å². The van der Waals surface area contributed by atoms with Gasteiger partial charge in [-0.3, -0.25) is 9.59 Å². The first kappa shape index (κ1) is 17.2. The molecule has 5 heteroatoms. The molecule has 1 aliphatic rings. The molecule has 25 heavy (non-hydrogen) atoms. The van der Waals surface area contributed by atoms with Gasteiger partial charge in [-0.05, 0) is 35.6 Å². The lowest BCUT2D eigenvalue weighted by molar-refractivity contribution is -0.139. The molecule has 0 aliphatic carbocycles. The normalized spacial score (nSPS) is 17.4. The Hall–Kier alpha value is -2.66. The Labute approximate surface area is 146 Å². The van der Waals surface area contributed by atoms with Crippen LogP contribution in [-0.4, -0.2) is 23.6 Å². The van der Waals surface area contributed by atoms with Gasteiger partial charge in [0.25, 0.3) is 5.91 Å². The first-order chi connectivity index (χ1) is 12.1. The molecule has 1 aliphatic heterocycles. The van der Waals surface area contributed by atoms with Crippen LogP contribution in [0.2, 0.25) is 0 Å². The van der Waals surface area contributed by atoms with E-state index in [1.807, 2.05) is 55.5 Å². The van der Waals surface area contributed by atoms with Gasteiger partial charge in [0.05, 0.1) is 19.1 Å². The standard InChI is InChI=1S/C20H21NO4/c1-13-6-2-4-8-15(13)17(12-18(22)23)21-20(24)19-16-9-5-3-7-14(16)10-11-25-19/h2-9,17,19H,10-12H2,1H3,(H,21,24)(H,22,23)/t17-,19-/m0/s1. The first-order valence-electron chi connectivity index (χ1n) is 8.33. The van der Waals surface area contributed by atoms with Crippen molar-refractivity contribution in [1.82, 2.24) is 5.32 Å². The second-order valence-electron chi connectivity index (χ2n) is 6.22. The van der Waals surface area contributed by atoms with Gasteiger partial charge in [-0.1, -0.05) is 48.5 Å². The van der Waals surface area contributed by atoms with Crippen LogP contribution in [0.25, 0.3) is 0 Å². The Morgan fingerprint density at radius 1 is 1.20 bits per heavy atom. The van der Waals surface area contributed by atoms with Gasteiger partial charge in [0.1, 0.15) is 0 Å². The summed E-state index contributed by atoms with van der Waals surface area (Å²) in [5.74, 6) is -1.26. The molecule has 1 heterocycles. The average Bonchev–Trinajstić information content (AvgIpc) is 2.60. The van der Waals surface area contributed by atoms with Crippen molar-refractivity contribution >= 4 is 11.9 Å². The van der Waals surface area contributed by atoms with E-state index in [1.165, 1.54) is 0 Å². The molecular formula is C20H21NO4. The molecule has 0 radical (unpaired) electrons. The molecule has 0 aromatic heterocycles. The topological polar surface area (TPSA) is 75.6 Å². The van der Waals surface area contributed by atoms with Gasteiger partial charge in [0.2, 0.25) is 0 Å². The van der Waals surface area contributed by atoms with E-state index in [2.05, 4.69) is 5.32 Å². The maximum Gasteiger partial charge on any atom is 0.305 e. The average molecular weight is 339 g/mol. The minimum Gasteiger partial charge on any atom is -0.481 e. The number of fused-ring (bicyclic) bond motifs is 1. The highest BCUT2D eigenvalue weighted by Gasteiger charge is 2.30. The molecule has 0 bridgehead atoms. The van der Waals surface area contributed by atoms with Gasteiger partial charge in [-0.25, -0.2) is 0 Å². The number of carbonyl (C=O) groups is 2. The van der Waals surface area contributed by atoms with Gasteiger partial charge in [-0.2, -0.15) is 0 Å². The van der Waals surface area contributed by atoms with Crippen molar-refractivity contribution < 1.29 is 19.4 Å². The van der Waals surface area contributed by atoms with E-state index in [9.17, 15) is 14.7 Å². The highest BCUT2D eigenvalue weighted by molar-refractivity contribution is 5.84. The Balaban J connectivity index is 1.84. The van der Waals surface area contributed by atoms with E-state index in [-0.39, 0.29) is 12.3 Å². The van der Waals surface area contributed by atoms with Gasteiger partial charge >= 0.3 is 5.97 Å². The molecule has 0 fully saturated rings. The third-order valence-electron chi connectivity index (χ3n) is 4.49. The highest BCUT2D eigenvalue weighted by Crippen LogP contribution is 2.29. The zero-order valence-corrected chi connectivity index (χ0v) is 14.1. The molecule has 2 aromatic carbocycles. The molecular weight excluding hydrogens is 318 g/mol. The molecule has 2 N–H and O–H groups in total. The number of nitrogens with one attached hydrogen (secondary N) is 1. The molecule has 2 atom stereocenters. The lowest BCUT2D eigenvalue weighted by atomic mass is 9.95. The fraction of sp³-hybridized carbons (Fsp3) is 0.300.